The average molecular weight is 571 g/mol. The number of aliphatic hydroxyl groups excluding tert-OH is 3. The second kappa shape index (κ2) is 9.38. The van der Waals surface area contributed by atoms with E-state index >= 15 is 0 Å². The summed E-state index contributed by atoms with van der Waals surface area (Å²) < 4.78 is 6.24. The molecule has 3 N–H and O–H groups in total. The first-order chi connectivity index (χ1) is 18.9. The molecule has 1 saturated heterocycles. The van der Waals surface area contributed by atoms with Gasteiger partial charge in [-0.05, 0) is 116 Å². The fourth-order valence-electron chi connectivity index (χ4n) is 12.2. The van der Waals surface area contributed by atoms with Crippen LogP contribution in [0.1, 0.15) is 126 Å². The highest BCUT2D eigenvalue weighted by molar-refractivity contribution is 5.85. The van der Waals surface area contributed by atoms with Crippen LogP contribution in [0.25, 0.3) is 0 Å². The summed E-state index contributed by atoms with van der Waals surface area (Å²) in [6.07, 6.45) is 10.1. The summed E-state index contributed by atoms with van der Waals surface area (Å²) in [6.45, 7) is 18.9. The molecule has 12 atom stereocenters. The molecule has 6 unspecified atom stereocenters. The Morgan fingerprint density at radius 2 is 1.54 bits per heavy atom. The van der Waals surface area contributed by atoms with E-state index in [4.69, 9.17) is 4.74 Å². The summed E-state index contributed by atoms with van der Waals surface area (Å²) in [5, 5.41) is 32.0. The first kappa shape index (κ1) is 30.3. The van der Waals surface area contributed by atoms with Crippen LogP contribution >= 0.6 is 0 Å². The van der Waals surface area contributed by atoms with Crippen molar-refractivity contribution in [3.8, 4) is 0 Å². The maximum Gasteiger partial charge on any atom is 0.138 e. The van der Waals surface area contributed by atoms with Crippen LogP contribution in [0, 0.1) is 50.2 Å². The molecule has 6 aliphatic rings. The first-order valence-corrected chi connectivity index (χ1v) is 16.9. The van der Waals surface area contributed by atoms with Gasteiger partial charge in [-0.15, -0.1) is 0 Å². The number of carbonyl (C=O) groups excluding carboxylic acids is 1. The molecule has 1 aliphatic heterocycles. The summed E-state index contributed by atoms with van der Waals surface area (Å²) in [5.74, 6) is 1.94. The van der Waals surface area contributed by atoms with Crippen molar-refractivity contribution in [3.05, 3.63) is 11.6 Å². The fourth-order valence-corrected chi connectivity index (χ4v) is 12.2. The summed E-state index contributed by atoms with van der Waals surface area (Å²) in [6, 6.07) is 0. The summed E-state index contributed by atoms with van der Waals surface area (Å²) in [4.78, 5) is 13.1. The zero-order valence-electron chi connectivity index (χ0n) is 27.1. The molecular formula is C36H58O5. The molecule has 0 aromatic heterocycles. The normalized spacial score (nSPS) is 54.2. The average Bonchev–Trinajstić information content (AvgIpc) is 2.89. The van der Waals surface area contributed by atoms with Crippen molar-refractivity contribution in [3.63, 3.8) is 0 Å². The van der Waals surface area contributed by atoms with Crippen LogP contribution in [-0.4, -0.2) is 51.6 Å². The highest BCUT2D eigenvalue weighted by atomic mass is 16.5. The van der Waals surface area contributed by atoms with E-state index in [0.29, 0.717) is 23.5 Å². The van der Waals surface area contributed by atoms with Crippen LogP contribution in [0.5, 0.6) is 0 Å². The number of aliphatic hydroxyl groups is 3. The molecule has 5 aliphatic carbocycles. The van der Waals surface area contributed by atoms with Gasteiger partial charge in [-0.2, -0.15) is 0 Å². The van der Waals surface area contributed by atoms with Gasteiger partial charge >= 0.3 is 0 Å². The van der Waals surface area contributed by atoms with E-state index in [2.05, 4.69) is 54.5 Å². The molecule has 0 spiro atoms. The Hall–Kier alpha value is -0.750. The van der Waals surface area contributed by atoms with Crippen LogP contribution in [-0.2, 0) is 9.53 Å². The van der Waals surface area contributed by atoms with Gasteiger partial charge in [0.15, 0.2) is 0 Å². The zero-order valence-corrected chi connectivity index (χ0v) is 27.1. The predicted molar refractivity (Wildman–Crippen MR) is 161 cm³/mol. The highest BCUT2D eigenvalue weighted by Crippen LogP contribution is 2.76. The first-order valence-electron chi connectivity index (χ1n) is 16.9. The molecular weight excluding hydrogens is 512 g/mol. The minimum Gasteiger partial charge on any atom is -0.388 e. The van der Waals surface area contributed by atoms with E-state index in [1.165, 1.54) is 12.8 Å². The number of allylic oxidation sites excluding steroid dienone is 2. The van der Waals surface area contributed by atoms with E-state index in [1.807, 2.05) is 6.92 Å². The van der Waals surface area contributed by atoms with Gasteiger partial charge < -0.3 is 20.1 Å². The van der Waals surface area contributed by atoms with Crippen molar-refractivity contribution in [1.29, 1.82) is 0 Å². The summed E-state index contributed by atoms with van der Waals surface area (Å²) in [5.41, 5.74) is 2.24. The van der Waals surface area contributed by atoms with Gasteiger partial charge in [0, 0.05) is 11.8 Å². The van der Waals surface area contributed by atoms with Gasteiger partial charge in [0.05, 0.1) is 12.2 Å². The number of ketones is 1. The number of carbonyl (C=O) groups is 1. The van der Waals surface area contributed by atoms with Crippen molar-refractivity contribution in [2.45, 2.75) is 157 Å². The lowest BCUT2D eigenvalue weighted by Gasteiger charge is -2.71. The van der Waals surface area contributed by atoms with Crippen molar-refractivity contribution >= 4 is 5.78 Å². The molecule has 0 bridgehead atoms. The SMILES string of the molecule is CC1O[C@@H](C[C@]23CCC(C)(C)CC2C2=CCC4[C@@]5(C)CCC(=O)C(C)(C)C5CC[C@@]4(C)[C@]2(C)CC3)C(O)C(O)[C@H]1O. The third kappa shape index (κ3) is 4.10. The Kier molecular flexibility index (Phi) is 6.93. The predicted octanol–water partition coefficient (Wildman–Crippen LogP) is 6.62. The highest BCUT2D eigenvalue weighted by Gasteiger charge is 2.68. The maximum absolute atomic E-state index is 13.1. The number of fused-ring (bicyclic) bond motifs is 7. The van der Waals surface area contributed by atoms with Crippen LogP contribution in [0.2, 0.25) is 0 Å². The van der Waals surface area contributed by atoms with E-state index in [9.17, 15) is 20.1 Å². The molecule has 4 saturated carbocycles. The van der Waals surface area contributed by atoms with Crippen molar-refractivity contribution in [1.82, 2.24) is 0 Å². The Balaban J connectivity index is 1.38. The van der Waals surface area contributed by atoms with E-state index < -0.39 is 30.5 Å². The van der Waals surface area contributed by atoms with Gasteiger partial charge in [-0.25, -0.2) is 0 Å². The third-order valence-corrected chi connectivity index (χ3v) is 15.1. The number of rotatable bonds is 2. The maximum atomic E-state index is 13.1. The topological polar surface area (TPSA) is 87.0 Å². The van der Waals surface area contributed by atoms with E-state index in [1.54, 1.807) is 5.57 Å². The standard InChI is InChI=1S/C36H58O5/c1-21-28(38)30(40)29(39)24(41-21)20-36-17-15-31(2,3)19-23(36)22-9-10-26-33(6)13-12-27(37)32(4,5)25(33)11-14-35(26,8)34(22,7)16-18-36/h9,21,23-26,28-30,38-40H,10-20H2,1-8H3/t21?,23?,24-,25?,26?,28-,29?,30?,33-,34+,35+,36+/m0/s1. The molecule has 1 heterocycles. The molecule has 5 heteroatoms. The van der Waals surface area contributed by atoms with Gasteiger partial charge in [0.25, 0.3) is 0 Å². The lowest BCUT2D eigenvalue weighted by atomic mass is 9.33. The minimum atomic E-state index is -1.16. The van der Waals surface area contributed by atoms with Gasteiger partial charge in [-0.3, -0.25) is 4.79 Å². The molecule has 0 aromatic rings. The molecule has 5 nitrogen and oxygen atoms in total. The van der Waals surface area contributed by atoms with Gasteiger partial charge in [0.1, 0.15) is 24.1 Å². The monoisotopic (exact) mass is 570 g/mol. The lowest BCUT2D eigenvalue weighted by molar-refractivity contribution is -0.231. The van der Waals surface area contributed by atoms with Gasteiger partial charge in [0.2, 0.25) is 0 Å². The van der Waals surface area contributed by atoms with Crippen molar-refractivity contribution in [2.75, 3.05) is 0 Å². The minimum absolute atomic E-state index is 0.0395. The molecule has 5 fully saturated rings. The van der Waals surface area contributed by atoms with E-state index in [-0.39, 0.29) is 32.5 Å². The summed E-state index contributed by atoms with van der Waals surface area (Å²) in [7, 11) is 0. The van der Waals surface area contributed by atoms with Crippen LogP contribution in [0.15, 0.2) is 11.6 Å². The molecule has 0 aromatic carbocycles. The Labute approximate surface area is 248 Å². The van der Waals surface area contributed by atoms with Crippen LogP contribution in [0.3, 0.4) is 0 Å². The third-order valence-electron chi connectivity index (χ3n) is 15.1. The molecule has 41 heavy (non-hydrogen) atoms. The molecule has 232 valence electrons. The molecule has 0 amide bonds. The number of hydrogen-bond donors (Lipinski definition) is 3. The lowest BCUT2D eigenvalue weighted by Crippen LogP contribution is -2.64. The molecule has 0 radical (unpaired) electrons. The Bertz CT molecular complexity index is 1110. The van der Waals surface area contributed by atoms with Crippen molar-refractivity contribution < 1.29 is 24.9 Å². The second-order valence-corrected chi connectivity index (χ2v) is 17.8. The van der Waals surface area contributed by atoms with Crippen molar-refractivity contribution in [2.24, 2.45) is 50.2 Å². The quantitative estimate of drug-likeness (QED) is 0.325. The second-order valence-electron chi connectivity index (χ2n) is 17.8. The Morgan fingerprint density at radius 3 is 2.24 bits per heavy atom. The smallest absolute Gasteiger partial charge is 0.138 e. The van der Waals surface area contributed by atoms with Crippen LogP contribution in [0.4, 0.5) is 0 Å². The number of hydrogen-bond acceptors (Lipinski definition) is 5. The molecule has 6 rings (SSSR count). The largest absolute Gasteiger partial charge is 0.388 e. The number of Topliss-reactive ketones (excluding diaryl/α,β-unsaturated/α-hetero) is 1. The van der Waals surface area contributed by atoms with E-state index in [0.717, 1.165) is 57.8 Å². The summed E-state index contributed by atoms with van der Waals surface area (Å²) >= 11 is 0. The Morgan fingerprint density at radius 1 is 0.854 bits per heavy atom. The fraction of sp³-hybridized carbons (Fsp3) is 0.917. The number of ether oxygens (including phenoxy) is 1. The van der Waals surface area contributed by atoms with Crippen LogP contribution < -0.4 is 0 Å². The van der Waals surface area contributed by atoms with Gasteiger partial charge in [-0.1, -0.05) is 60.1 Å². The zero-order chi connectivity index (χ0) is 30.0.